The summed E-state index contributed by atoms with van der Waals surface area (Å²) in [7, 11) is 3.36. The van der Waals surface area contributed by atoms with Crippen molar-refractivity contribution in [2.75, 3.05) is 19.1 Å². The van der Waals surface area contributed by atoms with E-state index >= 15 is 0 Å². The Morgan fingerprint density at radius 1 is 1.32 bits per heavy atom. The molecule has 0 amide bonds. The third-order valence-corrected chi connectivity index (χ3v) is 3.27. The largest absolute Gasteiger partial charge is 0.497 e. The Morgan fingerprint density at radius 3 is 2.73 bits per heavy atom. The van der Waals surface area contributed by atoms with Crippen molar-refractivity contribution in [1.29, 1.82) is 5.26 Å². The normalized spacial score (nSPS) is 9.86. The highest BCUT2D eigenvalue weighted by Gasteiger charge is 2.18. The topological polar surface area (TPSA) is 79.4 Å². The molecule has 0 saturated heterocycles. The van der Waals surface area contributed by atoms with Crippen molar-refractivity contribution in [3.8, 4) is 11.8 Å². The fourth-order valence-corrected chi connectivity index (χ4v) is 2.19. The van der Waals surface area contributed by atoms with Crippen molar-refractivity contribution in [2.24, 2.45) is 0 Å². The minimum Gasteiger partial charge on any atom is -0.497 e. The predicted molar refractivity (Wildman–Crippen MR) is 82.9 cm³/mol. The number of benzene rings is 2. The molecule has 0 fully saturated rings. The lowest BCUT2D eigenvalue weighted by Crippen LogP contribution is -2.17. The number of nitro groups is 1. The van der Waals surface area contributed by atoms with Crippen LogP contribution in [0.5, 0.6) is 5.75 Å². The highest BCUT2D eigenvalue weighted by Crippen LogP contribution is 2.29. The molecule has 0 bridgehead atoms. The molecule has 0 radical (unpaired) electrons. The zero-order valence-electron chi connectivity index (χ0n) is 12.3. The van der Waals surface area contributed by atoms with Crippen LogP contribution < -0.4 is 9.64 Å². The number of nitriles is 1. The molecule has 0 spiro atoms. The molecule has 0 atom stereocenters. The second-order valence-electron chi connectivity index (χ2n) is 4.78. The second-order valence-corrected chi connectivity index (χ2v) is 4.78. The van der Waals surface area contributed by atoms with Crippen LogP contribution in [0, 0.1) is 21.4 Å². The molecule has 6 heteroatoms. The third-order valence-electron chi connectivity index (χ3n) is 3.27. The maximum Gasteiger partial charge on any atom is 0.293 e. The van der Waals surface area contributed by atoms with Gasteiger partial charge in [-0.05, 0) is 29.8 Å². The van der Waals surface area contributed by atoms with Gasteiger partial charge < -0.3 is 9.64 Å². The number of anilines is 1. The van der Waals surface area contributed by atoms with Gasteiger partial charge >= 0.3 is 0 Å². The van der Waals surface area contributed by atoms with E-state index < -0.39 is 4.92 Å². The van der Waals surface area contributed by atoms with Crippen molar-refractivity contribution in [1.82, 2.24) is 0 Å². The number of rotatable bonds is 5. The lowest BCUT2D eigenvalue weighted by Gasteiger charge is -2.19. The quantitative estimate of drug-likeness (QED) is 0.625. The molecule has 2 rings (SSSR count). The molecule has 0 aliphatic rings. The molecule has 0 heterocycles. The van der Waals surface area contributed by atoms with Gasteiger partial charge in [0.15, 0.2) is 0 Å². The zero-order valence-corrected chi connectivity index (χ0v) is 12.3. The van der Waals surface area contributed by atoms with Crippen LogP contribution >= 0.6 is 0 Å². The zero-order chi connectivity index (χ0) is 16.1. The Hall–Kier alpha value is -3.07. The Kier molecular flexibility index (Phi) is 4.59. The van der Waals surface area contributed by atoms with Gasteiger partial charge in [-0.2, -0.15) is 5.26 Å². The summed E-state index contributed by atoms with van der Waals surface area (Å²) < 4.78 is 5.17. The van der Waals surface area contributed by atoms with Gasteiger partial charge in [0.25, 0.3) is 5.69 Å². The SMILES string of the molecule is COc1cccc(CN(C)c2ccc(C#N)cc2[N+](=O)[O-])c1. The molecular formula is C16H15N3O3. The van der Waals surface area contributed by atoms with E-state index in [-0.39, 0.29) is 11.3 Å². The number of nitrogens with zero attached hydrogens (tertiary/aromatic N) is 3. The molecular weight excluding hydrogens is 282 g/mol. The van der Waals surface area contributed by atoms with Gasteiger partial charge in [0, 0.05) is 19.7 Å². The van der Waals surface area contributed by atoms with Gasteiger partial charge in [0.2, 0.25) is 0 Å². The molecule has 0 aliphatic heterocycles. The minimum absolute atomic E-state index is 0.0792. The van der Waals surface area contributed by atoms with Crippen molar-refractivity contribution in [3.05, 3.63) is 63.7 Å². The average molecular weight is 297 g/mol. The van der Waals surface area contributed by atoms with Gasteiger partial charge in [-0.1, -0.05) is 12.1 Å². The highest BCUT2D eigenvalue weighted by molar-refractivity contribution is 5.65. The summed E-state index contributed by atoms with van der Waals surface area (Å²) in [5.41, 5.74) is 1.63. The van der Waals surface area contributed by atoms with Crippen molar-refractivity contribution in [2.45, 2.75) is 6.54 Å². The van der Waals surface area contributed by atoms with Gasteiger partial charge in [-0.3, -0.25) is 10.1 Å². The van der Waals surface area contributed by atoms with Crippen molar-refractivity contribution >= 4 is 11.4 Å². The van der Waals surface area contributed by atoms with E-state index in [1.165, 1.54) is 6.07 Å². The van der Waals surface area contributed by atoms with Gasteiger partial charge in [0.1, 0.15) is 11.4 Å². The first-order valence-corrected chi connectivity index (χ1v) is 6.57. The van der Waals surface area contributed by atoms with E-state index in [0.29, 0.717) is 12.2 Å². The average Bonchev–Trinajstić information content (AvgIpc) is 2.54. The van der Waals surface area contributed by atoms with E-state index in [1.54, 1.807) is 31.2 Å². The number of hydrogen-bond donors (Lipinski definition) is 0. The number of ether oxygens (including phenoxy) is 1. The van der Waals surface area contributed by atoms with Crippen LogP contribution in [-0.2, 0) is 6.54 Å². The van der Waals surface area contributed by atoms with Crippen molar-refractivity contribution in [3.63, 3.8) is 0 Å². The summed E-state index contributed by atoms with van der Waals surface area (Å²) >= 11 is 0. The van der Waals surface area contributed by atoms with Crippen LogP contribution in [0.2, 0.25) is 0 Å². The Balaban J connectivity index is 2.31. The molecule has 2 aromatic rings. The maximum atomic E-state index is 11.2. The molecule has 0 N–H and O–H groups in total. The Bertz CT molecular complexity index is 738. The maximum absolute atomic E-state index is 11.2. The monoisotopic (exact) mass is 297 g/mol. The third kappa shape index (κ3) is 3.33. The fourth-order valence-electron chi connectivity index (χ4n) is 2.19. The summed E-state index contributed by atoms with van der Waals surface area (Å²) in [6, 6.07) is 13.9. The van der Waals surface area contributed by atoms with Crippen LogP contribution in [-0.4, -0.2) is 19.1 Å². The van der Waals surface area contributed by atoms with E-state index in [4.69, 9.17) is 10.00 Å². The standard InChI is InChI=1S/C16H15N3O3/c1-18(11-13-4-3-5-14(8-13)22-2)15-7-6-12(10-17)9-16(15)19(20)21/h3-9H,11H2,1-2H3. The van der Waals surface area contributed by atoms with Crippen molar-refractivity contribution < 1.29 is 9.66 Å². The molecule has 22 heavy (non-hydrogen) atoms. The second kappa shape index (κ2) is 6.59. The molecule has 0 aromatic heterocycles. The molecule has 112 valence electrons. The summed E-state index contributed by atoms with van der Waals surface area (Å²) in [6.07, 6.45) is 0. The smallest absolute Gasteiger partial charge is 0.293 e. The van der Waals surface area contributed by atoms with Gasteiger partial charge in [0.05, 0.1) is 23.7 Å². The summed E-state index contributed by atoms with van der Waals surface area (Å²) in [5, 5.41) is 20.1. The molecule has 2 aromatic carbocycles. The summed E-state index contributed by atoms with van der Waals surface area (Å²) in [4.78, 5) is 12.5. The number of nitro benzene ring substituents is 1. The summed E-state index contributed by atoms with van der Waals surface area (Å²) in [6.45, 7) is 0.490. The van der Waals surface area contributed by atoms with Gasteiger partial charge in [-0.15, -0.1) is 0 Å². The van der Waals surface area contributed by atoms with Gasteiger partial charge in [-0.25, -0.2) is 0 Å². The fraction of sp³-hybridized carbons (Fsp3) is 0.188. The molecule has 0 aliphatic carbocycles. The first-order valence-electron chi connectivity index (χ1n) is 6.57. The van der Waals surface area contributed by atoms with E-state index in [0.717, 1.165) is 11.3 Å². The molecule has 0 saturated carbocycles. The van der Waals surface area contributed by atoms with Crippen LogP contribution in [0.3, 0.4) is 0 Å². The lowest BCUT2D eigenvalue weighted by molar-refractivity contribution is -0.384. The van der Waals surface area contributed by atoms with Crippen LogP contribution in [0.15, 0.2) is 42.5 Å². The molecule has 0 unspecified atom stereocenters. The minimum atomic E-state index is -0.474. The van der Waals surface area contributed by atoms with E-state index in [1.807, 2.05) is 30.3 Å². The first kappa shape index (κ1) is 15.3. The predicted octanol–water partition coefficient (Wildman–Crippen LogP) is 3.11. The number of hydrogen-bond acceptors (Lipinski definition) is 5. The Labute approximate surface area is 128 Å². The van der Waals surface area contributed by atoms with Crippen LogP contribution in [0.1, 0.15) is 11.1 Å². The van der Waals surface area contributed by atoms with Crippen LogP contribution in [0.25, 0.3) is 0 Å². The highest BCUT2D eigenvalue weighted by atomic mass is 16.6. The summed E-state index contributed by atoms with van der Waals surface area (Å²) in [5.74, 6) is 0.736. The molecule has 6 nitrogen and oxygen atoms in total. The Morgan fingerprint density at radius 2 is 2.09 bits per heavy atom. The first-order chi connectivity index (χ1) is 10.5. The van der Waals surface area contributed by atoms with E-state index in [2.05, 4.69) is 0 Å². The number of methoxy groups -OCH3 is 1. The lowest BCUT2D eigenvalue weighted by atomic mass is 10.1. The van der Waals surface area contributed by atoms with Crippen LogP contribution in [0.4, 0.5) is 11.4 Å². The van der Waals surface area contributed by atoms with E-state index in [9.17, 15) is 10.1 Å².